The van der Waals surface area contributed by atoms with Gasteiger partial charge < -0.3 is 21.9 Å². The summed E-state index contributed by atoms with van der Waals surface area (Å²) in [6, 6.07) is 17.6. The predicted octanol–water partition coefficient (Wildman–Crippen LogP) is 3.89. The van der Waals surface area contributed by atoms with Gasteiger partial charge in [0.2, 0.25) is 17.6 Å². The monoisotopic (exact) mass is 715 g/mol. The van der Waals surface area contributed by atoms with E-state index in [1.54, 1.807) is 35.2 Å². The first-order valence-corrected chi connectivity index (χ1v) is 17.4. The highest BCUT2D eigenvalue weighted by molar-refractivity contribution is 6.02. The van der Waals surface area contributed by atoms with Crippen LogP contribution >= 0.6 is 12.4 Å². The number of pyridine rings is 1. The van der Waals surface area contributed by atoms with E-state index in [9.17, 15) is 19.5 Å². The number of carbonyl (C=O) groups excluding carboxylic acids is 3. The van der Waals surface area contributed by atoms with Crippen molar-refractivity contribution < 1.29 is 19.5 Å². The van der Waals surface area contributed by atoms with E-state index in [0.29, 0.717) is 66.6 Å². The highest BCUT2D eigenvalue weighted by Crippen LogP contribution is 2.33. The molecule has 7 N–H and O–H groups in total. The number of tetrazole rings is 1. The van der Waals surface area contributed by atoms with E-state index in [2.05, 4.69) is 30.9 Å². The number of nitrogens with zero attached hydrogens (tertiary/aromatic N) is 5. The molecule has 270 valence electrons. The first-order valence-electron chi connectivity index (χ1n) is 17.4. The number of benzene rings is 2. The number of nitrogens with two attached hydrogens (primary N) is 2. The SMILES string of the molecule is Cc1nc(C(=O)NC2CCC(O)CC2)ccc1-c1ccc(C[C@@H](C(N)=O)N(C(=O)C2CCC(CN)CC2)c2ccc(-c3nn[nH]n3)cc2)cc1.Cl. The van der Waals surface area contributed by atoms with Gasteiger partial charge in [0.15, 0.2) is 0 Å². The van der Waals surface area contributed by atoms with Crippen molar-refractivity contribution in [3.05, 3.63) is 77.6 Å². The van der Waals surface area contributed by atoms with Gasteiger partial charge in [-0.15, -0.1) is 22.6 Å². The third-order valence-electron chi connectivity index (χ3n) is 10.2. The summed E-state index contributed by atoms with van der Waals surface area (Å²) in [5, 5.41) is 26.9. The van der Waals surface area contributed by atoms with Crippen LogP contribution in [0.1, 0.15) is 73.1 Å². The zero-order chi connectivity index (χ0) is 35.2. The maximum Gasteiger partial charge on any atom is 0.270 e. The molecule has 3 amide bonds. The summed E-state index contributed by atoms with van der Waals surface area (Å²) in [5.41, 5.74) is 16.9. The molecule has 2 saturated carbocycles. The molecule has 2 heterocycles. The first kappa shape index (κ1) is 37.5. The third kappa shape index (κ3) is 8.96. The molecule has 2 aliphatic rings. The van der Waals surface area contributed by atoms with Gasteiger partial charge in [0, 0.05) is 40.9 Å². The van der Waals surface area contributed by atoms with Crippen molar-refractivity contribution in [1.82, 2.24) is 30.9 Å². The molecule has 2 fully saturated rings. The molecule has 0 bridgehead atoms. The van der Waals surface area contributed by atoms with E-state index in [-0.39, 0.29) is 48.7 Å². The lowest BCUT2D eigenvalue weighted by molar-refractivity contribution is -0.127. The molecule has 6 rings (SSSR count). The van der Waals surface area contributed by atoms with E-state index >= 15 is 0 Å². The minimum atomic E-state index is -0.926. The number of primary amides is 1. The Labute approximate surface area is 303 Å². The zero-order valence-corrected chi connectivity index (χ0v) is 29.5. The number of aliphatic hydroxyl groups excluding tert-OH is 1. The third-order valence-corrected chi connectivity index (χ3v) is 10.2. The molecule has 0 saturated heterocycles. The Balaban J connectivity index is 0.00000504. The molecule has 2 aliphatic carbocycles. The number of H-pyrrole nitrogens is 1. The summed E-state index contributed by atoms with van der Waals surface area (Å²) < 4.78 is 0. The van der Waals surface area contributed by atoms with E-state index < -0.39 is 11.9 Å². The smallest absolute Gasteiger partial charge is 0.270 e. The Morgan fingerprint density at radius 2 is 1.59 bits per heavy atom. The van der Waals surface area contributed by atoms with Crippen molar-refractivity contribution in [2.75, 3.05) is 11.4 Å². The summed E-state index contributed by atoms with van der Waals surface area (Å²) in [4.78, 5) is 46.4. The Morgan fingerprint density at radius 1 is 0.922 bits per heavy atom. The molecule has 0 unspecified atom stereocenters. The van der Waals surface area contributed by atoms with Crippen molar-refractivity contribution >= 4 is 35.8 Å². The maximum absolute atomic E-state index is 14.2. The molecule has 1 atom stereocenters. The van der Waals surface area contributed by atoms with Crippen LogP contribution in [0.5, 0.6) is 0 Å². The topological polar surface area (TPSA) is 206 Å². The van der Waals surface area contributed by atoms with Gasteiger partial charge in [-0.05, 0) is 117 Å². The second kappa shape index (κ2) is 17.0. The van der Waals surface area contributed by atoms with Crippen molar-refractivity contribution in [3.8, 4) is 22.5 Å². The van der Waals surface area contributed by atoms with Crippen LogP contribution in [0.2, 0.25) is 0 Å². The average Bonchev–Trinajstić information content (AvgIpc) is 3.68. The first-order chi connectivity index (χ1) is 24.2. The summed E-state index contributed by atoms with van der Waals surface area (Å²) in [7, 11) is 0. The van der Waals surface area contributed by atoms with E-state index in [0.717, 1.165) is 42.4 Å². The molecule has 2 aromatic carbocycles. The molecular weight excluding hydrogens is 670 g/mol. The zero-order valence-electron chi connectivity index (χ0n) is 28.7. The summed E-state index contributed by atoms with van der Waals surface area (Å²) in [6.45, 7) is 2.47. The fourth-order valence-electron chi connectivity index (χ4n) is 7.19. The normalized spacial score (nSPS) is 20.8. The molecule has 4 aromatic rings. The van der Waals surface area contributed by atoms with Gasteiger partial charge in [-0.2, -0.15) is 5.21 Å². The van der Waals surface area contributed by atoms with Crippen molar-refractivity contribution in [1.29, 1.82) is 0 Å². The van der Waals surface area contributed by atoms with Gasteiger partial charge in [0.25, 0.3) is 5.91 Å². The highest BCUT2D eigenvalue weighted by Gasteiger charge is 2.36. The van der Waals surface area contributed by atoms with Crippen LogP contribution in [0.25, 0.3) is 22.5 Å². The standard InChI is InChI=1S/C37H45N9O4.ClH/c1-22-31(18-19-32(40-22)36(49)41-28-12-16-30(47)17-13-28)25-6-2-23(3-7-25)20-33(34(39)48)46(37(50)27-8-4-24(21-38)5-9-27)29-14-10-26(11-15-29)35-42-44-45-43-35;/h2-3,6-7,10-11,14-15,18-19,24,27-28,30,33,47H,4-5,8-9,12-13,16-17,20-21,38H2,1H3,(H2,39,48)(H,41,49)(H,42,43,44,45);1H/t24?,27?,28?,30?,33-;/m0./s1. The van der Waals surface area contributed by atoms with Crippen LogP contribution < -0.4 is 21.7 Å². The molecule has 13 nitrogen and oxygen atoms in total. The Hall–Kier alpha value is -4.72. The van der Waals surface area contributed by atoms with Crippen LogP contribution in [0.3, 0.4) is 0 Å². The lowest BCUT2D eigenvalue weighted by Gasteiger charge is -2.35. The molecule has 0 radical (unpaired) electrons. The second-order valence-corrected chi connectivity index (χ2v) is 13.6. The second-order valence-electron chi connectivity index (χ2n) is 13.6. The molecule has 0 spiro atoms. The lowest BCUT2D eigenvalue weighted by Crippen LogP contribution is -2.52. The van der Waals surface area contributed by atoms with Crippen LogP contribution in [0.4, 0.5) is 5.69 Å². The van der Waals surface area contributed by atoms with Gasteiger partial charge in [-0.1, -0.05) is 30.3 Å². The number of aliphatic hydroxyl groups is 1. The molecule has 14 heteroatoms. The minimum absolute atomic E-state index is 0. The van der Waals surface area contributed by atoms with Crippen LogP contribution in [-0.4, -0.2) is 73.2 Å². The number of aromatic nitrogens is 5. The Kier molecular flexibility index (Phi) is 12.5. The summed E-state index contributed by atoms with van der Waals surface area (Å²) in [5.74, 6) is -0.360. The number of aryl methyl sites for hydroxylation is 1. The number of hydrogen-bond donors (Lipinski definition) is 5. The van der Waals surface area contributed by atoms with Gasteiger partial charge in [-0.3, -0.25) is 19.3 Å². The maximum atomic E-state index is 14.2. The predicted molar refractivity (Wildman–Crippen MR) is 196 cm³/mol. The van der Waals surface area contributed by atoms with Crippen LogP contribution in [-0.2, 0) is 16.0 Å². The lowest BCUT2D eigenvalue weighted by atomic mass is 9.81. The van der Waals surface area contributed by atoms with Crippen molar-refractivity contribution in [3.63, 3.8) is 0 Å². The van der Waals surface area contributed by atoms with Gasteiger partial charge in [-0.25, -0.2) is 4.98 Å². The largest absolute Gasteiger partial charge is 0.393 e. The van der Waals surface area contributed by atoms with Crippen molar-refractivity contribution in [2.45, 2.75) is 82.9 Å². The molecular formula is C37H46ClN9O4. The number of nitrogens with one attached hydrogen (secondary N) is 2. The van der Waals surface area contributed by atoms with E-state index in [1.165, 1.54) is 0 Å². The Morgan fingerprint density at radius 3 is 2.18 bits per heavy atom. The summed E-state index contributed by atoms with van der Waals surface area (Å²) in [6.07, 6.45) is 5.96. The van der Waals surface area contributed by atoms with Gasteiger partial charge in [0.1, 0.15) is 11.7 Å². The number of hydrogen-bond acceptors (Lipinski definition) is 9. The number of rotatable bonds is 11. The number of amides is 3. The summed E-state index contributed by atoms with van der Waals surface area (Å²) >= 11 is 0. The van der Waals surface area contributed by atoms with Crippen LogP contribution in [0, 0.1) is 18.8 Å². The number of aromatic amines is 1. The van der Waals surface area contributed by atoms with Crippen molar-refractivity contribution in [2.24, 2.45) is 23.3 Å². The highest BCUT2D eigenvalue weighted by atomic mass is 35.5. The fourth-order valence-corrected chi connectivity index (χ4v) is 7.19. The number of anilines is 1. The minimum Gasteiger partial charge on any atom is -0.393 e. The van der Waals surface area contributed by atoms with E-state index in [4.69, 9.17) is 11.5 Å². The quantitative estimate of drug-likeness (QED) is 0.153. The fraction of sp³-hybridized carbons (Fsp3) is 0.432. The Bertz CT molecular complexity index is 1770. The van der Waals surface area contributed by atoms with Gasteiger partial charge in [0.05, 0.1) is 6.10 Å². The average molecular weight is 716 g/mol. The molecule has 0 aliphatic heterocycles. The number of halogens is 1. The molecule has 51 heavy (non-hydrogen) atoms. The van der Waals surface area contributed by atoms with E-state index in [1.807, 2.05) is 37.3 Å². The number of carbonyl (C=O) groups is 3. The van der Waals surface area contributed by atoms with Crippen LogP contribution in [0.15, 0.2) is 60.7 Å². The van der Waals surface area contributed by atoms with Gasteiger partial charge >= 0.3 is 0 Å². The molecule has 2 aromatic heterocycles.